The molecule has 0 unspecified atom stereocenters. The number of alkyl halides is 1. The molecule has 1 rings (SSSR count). The van der Waals surface area contributed by atoms with Crippen LogP contribution in [0.2, 0.25) is 0 Å². The van der Waals surface area contributed by atoms with Gasteiger partial charge in [0.1, 0.15) is 11.6 Å². The molecule has 1 aromatic carbocycles. The Morgan fingerprint density at radius 3 is 2.81 bits per heavy atom. The molecule has 1 aromatic rings. The van der Waals surface area contributed by atoms with Gasteiger partial charge in [0, 0.05) is 6.07 Å². The van der Waals surface area contributed by atoms with Crippen molar-refractivity contribution in [2.45, 2.75) is 0 Å². The summed E-state index contributed by atoms with van der Waals surface area (Å²) in [6, 6.07) is 3.89. The number of non-ortho nitro benzene ring substituents is 1. The summed E-state index contributed by atoms with van der Waals surface area (Å²) in [4.78, 5) is 21.0. The quantitative estimate of drug-likeness (QED) is 0.497. The first-order valence-corrected chi connectivity index (χ1v) is 4.80. The minimum absolute atomic E-state index is 0.110. The molecule has 0 aliphatic carbocycles. The number of carbonyl (C=O) groups excluding carboxylic acids is 1. The van der Waals surface area contributed by atoms with Crippen molar-refractivity contribution in [2.24, 2.45) is 0 Å². The summed E-state index contributed by atoms with van der Waals surface area (Å²) in [7, 11) is 1.36. The number of ether oxygens (including phenoxy) is 1. The summed E-state index contributed by atoms with van der Waals surface area (Å²) in [6.07, 6.45) is 0. The fraction of sp³-hybridized carbons (Fsp3) is 0.222. The molecule has 0 aromatic heterocycles. The number of benzene rings is 1. The van der Waals surface area contributed by atoms with E-state index < -0.39 is 10.8 Å². The smallest absolute Gasteiger partial charge is 0.273 e. The van der Waals surface area contributed by atoms with Crippen LogP contribution < -0.4 is 10.1 Å². The van der Waals surface area contributed by atoms with Crippen molar-refractivity contribution in [1.29, 1.82) is 0 Å². The molecule has 7 heteroatoms. The molecule has 1 N–H and O–H groups in total. The minimum Gasteiger partial charge on any atom is -0.494 e. The fourth-order valence-corrected chi connectivity index (χ4v) is 1.15. The van der Waals surface area contributed by atoms with Crippen LogP contribution in [0.5, 0.6) is 5.75 Å². The lowest BCUT2D eigenvalue weighted by atomic mass is 10.2. The Bertz CT molecular complexity index is 422. The predicted octanol–water partition coefficient (Wildman–Crippen LogP) is 1.78. The number of methoxy groups -OCH3 is 1. The molecule has 1 amide bonds. The van der Waals surface area contributed by atoms with Crippen molar-refractivity contribution in [3.05, 3.63) is 28.3 Å². The molecule has 0 fully saturated rings. The molecular formula is C9H9ClN2O4. The third-order valence-corrected chi connectivity index (χ3v) is 2.03. The molecule has 0 spiro atoms. The number of nitro groups is 1. The normalized spacial score (nSPS) is 9.62. The van der Waals surface area contributed by atoms with Gasteiger partial charge in [-0.05, 0) is 6.07 Å². The zero-order valence-electron chi connectivity index (χ0n) is 8.40. The number of hydrogen-bond donors (Lipinski definition) is 1. The summed E-state index contributed by atoms with van der Waals surface area (Å²) >= 11 is 5.32. The molecule has 0 saturated heterocycles. The standard InChI is InChI=1S/C9H9ClN2O4/c1-16-8-4-6(12(14)15)2-3-7(8)11-9(13)5-10/h2-4H,5H2,1H3,(H,11,13). The van der Waals surface area contributed by atoms with Gasteiger partial charge in [-0.25, -0.2) is 0 Å². The highest BCUT2D eigenvalue weighted by molar-refractivity contribution is 6.29. The van der Waals surface area contributed by atoms with E-state index in [1.54, 1.807) is 0 Å². The summed E-state index contributed by atoms with van der Waals surface area (Å²) in [5.74, 6) is -0.387. The molecule has 6 nitrogen and oxygen atoms in total. The molecule has 0 atom stereocenters. The monoisotopic (exact) mass is 244 g/mol. The summed E-state index contributed by atoms with van der Waals surface area (Å²) < 4.78 is 4.92. The number of rotatable bonds is 4. The lowest BCUT2D eigenvalue weighted by molar-refractivity contribution is -0.384. The third kappa shape index (κ3) is 2.83. The molecule has 0 aliphatic heterocycles. The number of carbonyl (C=O) groups is 1. The van der Waals surface area contributed by atoms with E-state index in [0.29, 0.717) is 5.69 Å². The van der Waals surface area contributed by atoms with Gasteiger partial charge in [-0.3, -0.25) is 14.9 Å². The molecule has 0 bridgehead atoms. The van der Waals surface area contributed by atoms with Gasteiger partial charge < -0.3 is 10.1 Å². The number of anilines is 1. The van der Waals surface area contributed by atoms with E-state index in [1.165, 1.54) is 25.3 Å². The van der Waals surface area contributed by atoms with Crippen molar-refractivity contribution in [3.63, 3.8) is 0 Å². The lowest BCUT2D eigenvalue weighted by Crippen LogP contribution is -2.13. The van der Waals surface area contributed by atoms with E-state index >= 15 is 0 Å². The van der Waals surface area contributed by atoms with Crippen LogP contribution in [0.25, 0.3) is 0 Å². The highest BCUT2D eigenvalue weighted by atomic mass is 35.5. The van der Waals surface area contributed by atoms with Gasteiger partial charge in [0.15, 0.2) is 0 Å². The first kappa shape index (κ1) is 12.3. The number of halogens is 1. The van der Waals surface area contributed by atoms with Crippen LogP contribution in [0, 0.1) is 10.1 Å². The maximum Gasteiger partial charge on any atom is 0.273 e. The van der Waals surface area contributed by atoms with E-state index in [0.717, 1.165) is 0 Å². The highest BCUT2D eigenvalue weighted by Crippen LogP contribution is 2.28. The third-order valence-electron chi connectivity index (χ3n) is 1.79. The Kier molecular flexibility index (Phi) is 4.07. The van der Waals surface area contributed by atoms with Crippen LogP contribution >= 0.6 is 11.6 Å². The molecule has 86 valence electrons. The lowest BCUT2D eigenvalue weighted by Gasteiger charge is -2.08. The molecule has 0 heterocycles. The molecule has 0 aliphatic rings. The van der Waals surface area contributed by atoms with Gasteiger partial charge in [-0.2, -0.15) is 0 Å². The van der Waals surface area contributed by atoms with Crippen molar-refractivity contribution in [2.75, 3.05) is 18.3 Å². The Hall–Kier alpha value is -1.82. The molecule has 0 saturated carbocycles. The second-order valence-electron chi connectivity index (χ2n) is 2.82. The van der Waals surface area contributed by atoms with Gasteiger partial charge in [0.25, 0.3) is 5.69 Å². The van der Waals surface area contributed by atoms with Gasteiger partial charge in [0.2, 0.25) is 5.91 Å². The minimum atomic E-state index is -0.546. The zero-order chi connectivity index (χ0) is 12.1. The van der Waals surface area contributed by atoms with Crippen molar-refractivity contribution >= 4 is 28.9 Å². The van der Waals surface area contributed by atoms with E-state index in [9.17, 15) is 14.9 Å². The van der Waals surface area contributed by atoms with Crippen LogP contribution in [0.1, 0.15) is 0 Å². The number of hydrogen-bond acceptors (Lipinski definition) is 4. The topological polar surface area (TPSA) is 81.5 Å². The van der Waals surface area contributed by atoms with Crippen molar-refractivity contribution < 1.29 is 14.5 Å². The summed E-state index contributed by atoms with van der Waals surface area (Å²) in [5, 5.41) is 13.0. The SMILES string of the molecule is COc1cc([N+](=O)[O-])ccc1NC(=O)CCl. The van der Waals surface area contributed by atoms with E-state index in [2.05, 4.69) is 5.32 Å². The Morgan fingerprint density at radius 2 is 2.31 bits per heavy atom. The fourth-order valence-electron chi connectivity index (χ4n) is 1.08. The van der Waals surface area contributed by atoms with E-state index in [4.69, 9.17) is 16.3 Å². The van der Waals surface area contributed by atoms with Crippen LogP contribution in [0.4, 0.5) is 11.4 Å². The van der Waals surface area contributed by atoms with Crippen LogP contribution in [-0.2, 0) is 4.79 Å². The van der Waals surface area contributed by atoms with Crippen LogP contribution in [0.15, 0.2) is 18.2 Å². The van der Waals surface area contributed by atoms with E-state index in [1.807, 2.05) is 0 Å². The predicted molar refractivity (Wildman–Crippen MR) is 59.0 cm³/mol. The highest BCUT2D eigenvalue weighted by Gasteiger charge is 2.12. The van der Waals surface area contributed by atoms with Gasteiger partial charge in [-0.15, -0.1) is 11.6 Å². The zero-order valence-corrected chi connectivity index (χ0v) is 9.15. The number of nitrogens with zero attached hydrogens (tertiary/aromatic N) is 1. The summed E-state index contributed by atoms with van der Waals surface area (Å²) in [5.41, 5.74) is 0.236. The van der Waals surface area contributed by atoms with Crippen LogP contribution in [-0.4, -0.2) is 23.8 Å². The van der Waals surface area contributed by atoms with Crippen molar-refractivity contribution in [3.8, 4) is 5.75 Å². The molecule has 16 heavy (non-hydrogen) atoms. The number of nitrogens with one attached hydrogen (secondary N) is 1. The largest absolute Gasteiger partial charge is 0.494 e. The second kappa shape index (κ2) is 5.32. The molecular weight excluding hydrogens is 236 g/mol. The molecule has 0 radical (unpaired) electrons. The number of amides is 1. The Morgan fingerprint density at radius 1 is 1.62 bits per heavy atom. The summed E-state index contributed by atoms with van der Waals surface area (Å²) in [6.45, 7) is 0. The maximum absolute atomic E-state index is 11.0. The average molecular weight is 245 g/mol. The second-order valence-corrected chi connectivity index (χ2v) is 3.09. The van der Waals surface area contributed by atoms with Gasteiger partial charge in [-0.1, -0.05) is 0 Å². The Labute approximate surface area is 96.3 Å². The van der Waals surface area contributed by atoms with E-state index in [-0.39, 0.29) is 17.3 Å². The first-order chi connectivity index (χ1) is 7.58. The average Bonchev–Trinajstić information content (AvgIpc) is 2.29. The van der Waals surface area contributed by atoms with Gasteiger partial charge >= 0.3 is 0 Å². The maximum atomic E-state index is 11.0. The first-order valence-electron chi connectivity index (χ1n) is 4.26. The number of nitro benzene ring substituents is 1. The van der Waals surface area contributed by atoms with Crippen molar-refractivity contribution in [1.82, 2.24) is 0 Å². The Balaban J connectivity index is 3.02. The van der Waals surface area contributed by atoms with Gasteiger partial charge in [0.05, 0.1) is 23.8 Å². The van der Waals surface area contributed by atoms with Crippen LogP contribution in [0.3, 0.4) is 0 Å².